The van der Waals surface area contributed by atoms with Crippen LogP contribution in [0.2, 0.25) is 0 Å². The predicted molar refractivity (Wildman–Crippen MR) is 211 cm³/mol. The molecule has 0 unspecified atom stereocenters. The van der Waals surface area contributed by atoms with E-state index < -0.39 is 18.8 Å². The van der Waals surface area contributed by atoms with Crippen molar-refractivity contribution < 1.29 is 13.6 Å². The number of fused-ring (bicyclic) bond motifs is 8. The van der Waals surface area contributed by atoms with Gasteiger partial charge in [0.25, 0.3) is 0 Å². The van der Waals surface area contributed by atoms with Crippen LogP contribution in [0.1, 0.15) is 83.7 Å². The van der Waals surface area contributed by atoms with Gasteiger partial charge in [-0.15, -0.1) is 0 Å². The van der Waals surface area contributed by atoms with Gasteiger partial charge in [-0.1, -0.05) is 55.8 Å². The Bertz CT molecular complexity index is 2350. The van der Waals surface area contributed by atoms with Crippen molar-refractivity contribution in [2.75, 3.05) is 0 Å². The zero-order chi connectivity index (χ0) is 36.3. The van der Waals surface area contributed by atoms with Crippen molar-refractivity contribution in [3.63, 3.8) is 0 Å². The minimum atomic E-state index is -3.67. The Hall–Kier alpha value is -4.55. The summed E-state index contributed by atoms with van der Waals surface area (Å²) in [5.74, 6) is 0. The Morgan fingerprint density at radius 2 is 1.16 bits per heavy atom. The molecule has 262 valence electrons. The first-order chi connectivity index (χ1) is 23.9. The van der Waals surface area contributed by atoms with Gasteiger partial charge in [0.05, 0.1) is 27.9 Å². The van der Waals surface area contributed by atoms with Gasteiger partial charge in [0.1, 0.15) is 0 Å². The molecule has 0 radical (unpaired) electrons. The first-order valence-electron chi connectivity index (χ1n) is 17.6. The Morgan fingerprint density at radius 3 is 1.67 bits per heavy atom. The second-order valence-electron chi connectivity index (χ2n) is 16.3. The Kier molecular flexibility index (Phi) is 8.61. The van der Waals surface area contributed by atoms with Crippen LogP contribution >= 0.6 is 7.60 Å². The number of nitrogens with zero attached hydrogens (tertiary/aromatic N) is 2. The van der Waals surface area contributed by atoms with Crippen molar-refractivity contribution in [3.8, 4) is 22.3 Å². The van der Waals surface area contributed by atoms with Crippen LogP contribution < -0.4 is 5.30 Å². The van der Waals surface area contributed by atoms with Crippen molar-refractivity contribution in [2.24, 2.45) is 0 Å². The molecule has 2 aliphatic heterocycles. The molecule has 5 heterocycles. The molecule has 7 rings (SSSR count). The highest BCUT2D eigenvalue weighted by molar-refractivity contribution is 7.62. The number of aromatic nitrogens is 4. The highest BCUT2D eigenvalue weighted by Crippen LogP contribution is 2.53. The summed E-state index contributed by atoms with van der Waals surface area (Å²) in [4.78, 5) is 17.7. The van der Waals surface area contributed by atoms with Gasteiger partial charge >= 0.3 is 7.60 Å². The molecular formula is C43H47N4O3P. The van der Waals surface area contributed by atoms with E-state index in [0.29, 0.717) is 5.30 Å². The van der Waals surface area contributed by atoms with E-state index in [1.807, 2.05) is 65.8 Å². The maximum Gasteiger partial charge on any atom is 0.362 e. The van der Waals surface area contributed by atoms with E-state index in [1.54, 1.807) is 0 Å². The van der Waals surface area contributed by atoms with E-state index in [1.165, 1.54) is 5.56 Å². The summed E-state index contributed by atoms with van der Waals surface area (Å²) >= 11 is 0. The number of hydrogen-bond donors (Lipinski definition) is 2. The maximum absolute atomic E-state index is 14.4. The van der Waals surface area contributed by atoms with E-state index in [0.717, 1.165) is 73.5 Å². The molecule has 0 amide bonds. The summed E-state index contributed by atoms with van der Waals surface area (Å²) in [6.45, 7) is 17.9. The summed E-state index contributed by atoms with van der Waals surface area (Å²) in [6, 6.07) is 29.0. The summed E-state index contributed by atoms with van der Waals surface area (Å²) in [6.07, 6.45) is 5.00. The minimum Gasteiger partial charge on any atom is -0.355 e. The van der Waals surface area contributed by atoms with Crippen molar-refractivity contribution in [2.45, 2.75) is 85.4 Å². The van der Waals surface area contributed by atoms with E-state index >= 15 is 0 Å². The number of nitrogens with one attached hydrogen (secondary N) is 2. The highest BCUT2D eigenvalue weighted by Gasteiger charge is 2.37. The van der Waals surface area contributed by atoms with Crippen LogP contribution in [0.15, 0.2) is 84.9 Å². The standard InChI is InChI=1S/C43H47N4O3P/c1-27-10-12-28(13-11-27)39-35-21-17-31(45-35)25-38-43(8,9)26-32(46-38)24-30-16-20-34(44-30)40(37-23-22-36(39)47-37)29-14-18-33(19-15-29)51(48,49-41(2,3)4)50-42(5,6)7/h10-25,44-45H,26H2,1-9H3. The molecule has 0 atom stereocenters. The monoisotopic (exact) mass is 698 g/mol. The molecule has 7 nitrogen and oxygen atoms in total. The number of hydrogen-bond acceptors (Lipinski definition) is 5. The Balaban J connectivity index is 1.50. The SMILES string of the molecule is Cc1ccc(-c2c3nc(c(-c4ccc(P(=O)(OC(C)(C)C)OC(C)(C)C)cc4)c4ccc(cc5nc(cc6ccc2[nH]6)C(C)(C)C5)[nH]4)C=C3)cc1. The predicted octanol–water partition coefficient (Wildman–Crippen LogP) is 11.1. The average Bonchev–Trinajstić information content (AvgIpc) is 3.82. The van der Waals surface area contributed by atoms with Crippen molar-refractivity contribution in [3.05, 3.63) is 113 Å². The lowest BCUT2D eigenvalue weighted by molar-refractivity contribution is 0.0548. The van der Waals surface area contributed by atoms with Crippen LogP contribution in [-0.2, 0) is 25.4 Å². The van der Waals surface area contributed by atoms with E-state index in [4.69, 9.17) is 19.0 Å². The summed E-state index contributed by atoms with van der Waals surface area (Å²) in [7, 11) is -3.67. The van der Waals surface area contributed by atoms with E-state index in [2.05, 4.69) is 104 Å². The topological polar surface area (TPSA) is 92.9 Å². The van der Waals surface area contributed by atoms with Gasteiger partial charge < -0.3 is 9.97 Å². The summed E-state index contributed by atoms with van der Waals surface area (Å²) in [5.41, 5.74) is 11.3. The van der Waals surface area contributed by atoms with Crippen molar-refractivity contribution in [1.29, 1.82) is 0 Å². The van der Waals surface area contributed by atoms with Gasteiger partial charge in [-0.3, -0.25) is 18.6 Å². The molecule has 5 aromatic rings. The number of aryl methyl sites for hydroxylation is 1. The largest absolute Gasteiger partial charge is 0.362 e. The van der Waals surface area contributed by atoms with Crippen LogP contribution in [0, 0.1) is 6.92 Å². The second-order valence-corrected chi connectivity index (χ2v) is 18.2. The third-order valence-electron chi connectivity index (χ3n) is 8.90. The van der Waals surface area contributed by atoms with Gasteiger partial charge in [0, 0.05) is 56.4 Å². The molecular weight excluding hydrogens is 651 g/mol. The average molecular weight is 699 g/mol. The van der Waals surface area contributed by atoms with Crippen LogP contribution in [0.4, 0.5) is 0 Å². The third kappa shape index (κ3) is 7.43. The van der Waals surface area contributed by atoms with E-state index in [-0.39, 0.29) is 5.41 Å². The fraction of sp³-hybridized carbons (Fsp3) is 0.302. The molecule has 2 aliphatic rings. The lowest BCUT2D eigenvalue weighted by Crippen LogP contribution is -2.28. The molecule has 8 heteroatoms. The summed E-state index contributed by atoms with van der Waals surface area (Å²) < 4.78 is 26.7. The molecule has 0 aliphatic carbocycles. The lowest BCUT2D eigenvalue weighted by Gasteiger charge is -2.32. The van der Waals surface area contributed by atoms with E-state index in [9.17, 15) is 4.57 Å². The molecule has 0 spiro atoms. The minimum absolute atomic E-state index is 0.113. The van der Waals surface area contributed by atoms with Crippen LogP contribution in [-0.4, -0.2) is 31.1 Å². The fourth-order valence-electron chi connectivity index (χ4n) is 6.71. The van der Waals surface area contributed by atoms with Crippen LogP contribution in [0.5, 0.6) is 0 Å². The molecule has 2 N–H and O–H groups in total. The Morgan fingerprint density at radius 1 is 0.667 bits per heavy atom. The summed E-state index contributed by atoms with van der Waals surface area (Å²) in [5, 5.41) is 0.504. The number of rotatable bonds is 5. The normalized spacial score (nSPS) is 14.6. The Labute approximate surface area is 300 Å². The number of aromatic amines is 2. The van der Waals surface area contributed by atoms with Crippen molar-refractivity contribution >= 4 is 47.1 Å². The van der Waals surface area contributed by atoms with Gasteiger partial charge in [0.15, 0.2) is 0 Å². The van der Waals surface area contributed by atoms with Gasteiger partial charge in [-0.2, -0.15) is 0 Å². The molecule has 51 heavy (non-hydrogen) atoms. The molecule has 0 fully saturated rings. The first-order valence-corrected chi connectivity index (χ1v) is 19.1. The van der Waals surface area contributed by atoms with Gasteiger partial charge in [0.2, 0.25) is 0 Å². The molecule has 3 aromatic heterocycles. The smallest absolute Gasteiger partial charge is 0.355 e. The first kappa shape index (κ1) is 34.9. The van der Waals surface area contributed by atoms with Crippen molar-refractivity contribution in [1.82, 2.24) is 19.9 Å². The van der Waals surface area contributed by atoms with Gasteiger partial charge in [-0.25, -0.2) is 4.98 Å². The zero-order valence-electron chi connectivity index (χ0n) is 31.0. The molecule has 8 bridgehead atoms. The van der Waals surface area contributed by atoms with Gasteiger partial charge in [-0.05, 0) is 120 Å². The molecule has 2 aromatic carbocycles. The number of H-pyrrole nitrogens is 2. The molecule has 0 saturated heterocycles. The zero-order valence-corrected chi connectivity index (χ0v) is 31.9. The quantitative estimate of drug-likeness (QED) is 0.175. The van der Waals surface area contributed by atoms with Crippen LogP contribution in [0.25, 0.3) is 56.5 Å². The second kappa shape index (κ2) is 12.6. The third-order valence-corrected chi connectivity index (χ3v) is 11.4. The number of benzene rings is 2. The highest BCUT2D eigenvalue weighted by atomic mass is 31.2. The lowest BCUT2D eigenvalue weighted by atomic mass is 9.87. The molecule has 0 saturated carbocycles. The maximum atomic E-state index is 14.4. The fourth-order valence-corrected chi connectivity index (χ4v) is 8.91. The van der Waals surface area contributed by atoms with Crippen LogP contribution in [0.3, 0.4) is 0 Å².